The lowest BCUT2D eigenvalue weighted by molar-refractivity contribution is -0.0297. The van der Waals surface area contributed by atoms with Crippen molar-refractivity contribution in [2.24, 2.45) is 7.05 Å². The van der Waals surface area contributed by atoms with Gasteiger partial charge in [-0.05, 0) is 49.2 Å². The molecule has 0 amide bonds. The quantitative estimate of drug-likeness (QED) is 0.427. The highest BCUT2D eigenvalue weighted by atomic mass is 32.2. The number of morpholine rings is 1. The van der Waals surface area contributed by atoms with Gasteiger partial charge in [-0.25, -0.2) is 4.39 Å². The predicted molar refractivity (Wildman–Crippen MR) is 110 cm³/mol. The number of nitrogens with zero attached hydrogens (tertiary/aromatic N) is 4. The summed E-state index contributed by atoms with van der Waals surface area (Å²) in [6, 6.07) is 8.54. The van der Waals surface area contributed by atoms with Crippen LogP contribution in [0.4, 0.5) is 4.39 Å². The molecule has 1 atom stereocenters. The van der Waals surface area contributed by atoms with E-state index in [-0.39, 0.29) is 11.9 Å². The van der Waals surface area contributed by atoms with Crippen molar-refractivity contribution in [2.45, 2.75) is 24.6 Å². The molecule has 154 valence electrons. The number of furan rings is 1. The van der Waals surface area contributed by atoms with E-state index in [1.165, 1.54) is 12.1 Å². The Morgan fingerprint density at radius 2 is 2.03 bits per heavy atom. The molecule has 0 saturated carbocycles. The number of thioether (sulfide) groups is 1. The third kappa shape index (κ3) is 4.71. The highest BCUT2D eigenvalue weighted by molar-refractivity contribution is 7.99. The third-order valence-corrected chi connectivity index (χ3v) is 6.25. The maximum Gasteiger partial charge on any atom is 0.200 e. The molecule has 1 aromatic carbocycles. The Morgan fingerprint density at radius 3 is 2.79 bits per heavy atom. The van der Waals surface area contributed by atoms with Crippen LogP contribution >= 0.6 is 11.8 Å². The fourth-order valence-corrected chi connectivity index (χ4v) is 4.31. The molecule has 1 aliphatic heterocycles. The molecule has 0 spiro atoms. The van der Waals surface area contributed by atoms with E-state index in [9.17, 15) is 4.39 Å². The zero-order chi connectivity index (χ0) is 20.2. The second-order valence-corrected chi connectivity index (χ2v) is 8.27. The summed E-state index contributed by atoms with van der Waals surface area (Å²) in [5.74, 6) is 2.27. The van der Waals surface area contributed by atoms with Crippen LogP contribution in [0.3, 0.4) is 0 Å². The first-order valence-corrected chi connectivity index (χ1v) is 10.8. The molecule has 3 heterocycles. The molecule has 4 rings (SSSR count). The molecule has 8 heteroatoms. The van der Waals surface area contributed by atoms with Crippen LogP contribution < -0.4 is 0 Å². The lowest BCUT2D eigenvalue weighted by Crippen LogP contribution is -2.39. The van der Waals surface area contributed by atoms with Gasteiger partial charge in [0.05, 0.1) is 19.0 Å². The molecular formula is C21H25FN4O2S. The molecule has 6 nitrogen and oxygen atoms in total. The average Bonchev–Trinajstić information content (AvgIpc) is 3.31. The minimum absolute atomic E-state index is 0.00911. The predicted octanol–water partition coefficient (Wildman–Crippen LogP) is 4.08. The normalized spacial score (nSPS) is 17.7. The molecular weight excluding hydrogens is 391 g/mol. The van der Waals surface area contributed by atoms with Crippen LogP contribution in [0.2, 0.25) is 0 Å². The van der Waals surface area contributed by atoms with Gasteiger partial charge < -0.3 is 13.7 Å². The Balaban J connectivity index is 1.26. The van der Waals surface area contributed by atoms with Crippen molar-refractivity contribution in [3.63, 3.8) is 0 Å². The van der Waals surface area contributed by atoms with Gasteiger partial charge in [-0.2, -0.15) is 0 Å². The van der Waals surface area contributed by atoms with Crippen LogP contribution in [0.25, 0.3) is 11.6 Å². The summed E-state index contributed by atoms with van der Waals surface area (Å²) in [5.41, 5.74) is 2.09. The first-order chi connectivity index (χ1) is 14.1. The Bertz CT molecular complexity index is 941. The molecule has 29 heavy (non-hydrogen) atoms. The van der Waals surface area contributed by atoms with Gasteiger partial charge in [0.15, 0.2) is 16.7 Å². The first kappa shape index (κ1) is 20.1. The van der Waals surface area contributed by atoms with Gasteiger partial charge in [0, 0.05) is 25.9 Å². The number of aromatic nitrogens is 3. The van der Waals surface area contributed by atoms with Gasteiger partial charge in [0.1, 0.15) is 5.82 Å². The van der Waals surface area contributed by atoms with Gasteiger partial charge in [-0.15, -0.1) is 10.2 Å². The third-order valence-electron chi connectivity index (χ3n) is 5.14. The summed E-state index contributed by atoms with van der Waals surface area (Å²) in [4.78, 5) is 2.41. The largest absolute Gasteiger partial charge is 0.461 e. The fourth-order valence-electron chi connectivity index (χ4n) is 3.48. The van der Waals surface area contributed by atoms with E-state index in [0.717, 1.165) is 59.7 Å². The molecule has 1 saturated heterocycles. The van der Waals surface area contributed by atoms with Crippen molar-refractivity contribution in [2.75, 3.05) is 32.0 Å². The van der Waals surface area contributed by atoms with Crippen molar-refractivity contribution >= 4 is 11.8 Å². The monoisotopic (exact) mass is 416 g/mol. The minimum Gasteiger partial charge on any atom is -0.461 e. The van der Waals surface area contributed by atoms with Crippen LogP contribution in [-0.4, -0.2) is 51.7 Å². The zero-order valence-corrected chi connectivity index (χ0v) is 17.5. The number of hydrogen-bond donors (Lipinski definition) is 0. The van der Waals surface area contributed by atoms with Crippen LogP contribution in [0.15, 0.2) is 46.2 Å². The Hall–Kier alpha value is -2.16. The van der Waals surface area contributed by atoms with E-state index < -0.39 is 0 Å². The van der Waals surface area contributed by atoms with E-state index in [0.29, 0.717) is 6.61 Å². The lowest BCUT2D eigenvalue weighted by Gasteiger charge is -2.33. The van der Waals surface area contributed by atoms with Crippen molar-refractivity contribution < 1.29 is 13.5 Å². The topological polar surface area (TPSA) is 56.3 Å². The summed E-state index contributed by atoms with van der Waals surface area (Å²) < 4.78 is 26.5. The molecule has 0 N–H and O–H groups in total. The number of ether oxygens (including phenoxy) is 1. The standard InChI is InChI=1S/C21H25FN4O2S/c1-15-8-11-28-19(15)20-23-24-21(25(20)2)29-13-3-9-26-10-12-27-18(14-26)16-4-6-17(22)7-5-16/h4-8,11,18H,3,9-10,12-14H2,1-2H3/t18-/m0/s1. The summed E-state index contributed by atoms with van der Waals surface area (Å²) in [7, 11) is 1.97. The molecule has 0 radical (unpaired) electrons. The van der Waals surface area contributed by atoms with E-state index >= 15 is 0 Å². The van der Waals surface area contributed by atoms with E-state index in [1.807, 2.05) is 36.7 Å². The Morgan fingerprint density at radius 1 is 1.21 bits per heavy atom. The van der Waals surface area contributed by atoms with Gasteiger partial charge in [0.25, 0.3) is 0 Å². The molecule has 1 aliphatic rings. The molecule has 2 aromatic heterocycles. The van der Waals surface area contributed by atoms with E-state index in [1.54, 1.807) is 18.0 Å². The van der Waals surface area contributed by atoms with Gasteiger partial charge in [-0.3, -0.25) is 4.90 Å². The smallest absolute Gasteiger partial charge is 0.200 e. The van der Waals surface area contributed by atoms with Gasteiger partial charge in [0.2, 0.25) is 0 Å². The fraction of sp³-hybridized carbons (Fsp3) is 0.429. The Kier molecular flexibility index (Phi) is 6.32. The molecule has 0 bridgehead atoms. The molecule has 3 aromatic rings. The summed E-state index contributed by atoms with van der Waals surface area (Å²) in [5, 5.41) is 9.48. The summed E-state index contributed by atoms with van der Waals surface area (Å²) in [6.07, 6.45) is 2.73. The second-order valence-electron chi connectivity index (χ2n) is 7.21. The van der Waals surface area contributed by atoms with Crippen molar-refractivity contribution in [3.8, 4) is 11.6 Å². The van der Waals surface area contributed by atoms with Crippen molar-refractivity contribution in [1.29, 1.82) is 0 Å². The lowest BCUT2D eigenvalue weighted by atomic mass is 10.1. The SMILES string of the molecule is Cc1ccoc1-c1nnc(SCCCN2CCO[C@H](c3ccc(F)cc3)C2)n1C. The van der Waals surface area contributed by atoms with Crippen LogP contribution in [0, 0.1) is 12.7 Å². The summed E-state index contributed by atoms with van der Waals surface area (Å²) in [6.45, 7) is 5.46. The Labute approximate surface area is 174 Å². The van der Waals surface area contributed by atoms with Crippen molar-refractivity contribution in [3.05, 3.63) is 53.5 Å². The van der Waals surface area contributed by atoms with E-state index in [4.69, 9.17) is 9.15 Å². The molecule has 0 unspecified atom stereocenters. The van der Waals surface area contributed by atoms with Crippen LogP contribution in [0.1, 0.15) is 23.7 Å². The number of halogens is 1. The van der Waals surface area contributed by atoms with E-state index in [2.05, 4.69) is 15.1 Å². The minimum atomic E-state index is -0.215. The summed E-state index contributed by atoms with van der Waals surface area (Å²) >= 11 is 1.71. The van der Waals surface area contributed by atoms with Gasteiger partial charge in [-0.1, -0.05) is 23.9 Å². The second kappa shape index (κ2) is 9.11. The maximum absolute atomic E-state index is 13.1. The van der Waals surface area contributed by atoms with Crippen LogP contribution in [-0.2, 0) is 11.8 Å². The molecule has 1 fully saturated rings. The first-order valence-electron chi connectivity index (χ1n) is 9.78. The number of benzene rings is 1. The van der Waals surface area contributed by atoms with Crippen molar-refractivity contribution in [1.82, 2.24) is 19.7 Å². The van der Waals surface area contributed by atoms with Gasteiger partial charge >= 0.3 is 0 Å². The maximum atomic E-state index is 13.1. The highest BCUT2D eigenvalue weighted by Gasteiger charge is 2.22. The number of rotatable bonds is 7. The number of aryl methyl sites for hydroxylation is 1. The highest BCUT2D eigenvalue weighted by Crippen LogP contribution is 2.26. The van der Waals surface area contributed by atoms with Crippen LogP contribution in [0.5, 0.6) is 0 Å². The average molecular weight is 417 g/mol. The zero-order valence-electron chi connectivity index (χ0n) is 16.7. The number of hydrogen-bond acceptors (Lipinski definition) is 6. The molecule has 0 aliphatic carbocycles.